The maximum atomic E-state index is 2.34. The molecule has 0 saturated carbocycles. The van der Waals surface area contributed by atoms with Crippen molar-refractivity contribution in [1.29, 1.82) is 0 Å². The fourth-order valence-electron chi connectivity index (χ4n) is 6.98. The van der Waals surface area contributed by atoms with Crippen molar-refractivity contribution >= 4 is 16.7 Å². The molecule has 0 amide bonds. The van der Waals surface area contributed by atoms with Crippen molar-refractivity contribution in [1.82, 2.24) is 0 Å². The van der Waals surface area contributed by atoms with E-state index < -0.39 is 0 Å². The number of rotatable bonds is 5. The van der Waals surface area contributed by atoms with Crippen LogP contribution in [0.1, 0.15) is 39.3 Å². The molecule has 43 heavy (non-hydrogen) atoms. The Morgan fingerprint density at radius 3 is 1.35 bits per heavy atom. The molecule has 0 nitrogen and oxygen atoms in total. The molecule has 0 fully saturated rings. The van der Waals surface area contributed by atoms with Crippen molar-refractivity contribution < 1.29 is 0 Å². The van der Waals surface area contributed by atoms with E-state index in [-0.39, 0.29) is 5.92 Å². The van der Waals surface area contributed by atoms with Gasteiger partial charge < -0.3 is 0 Å². The minimum absolute atomic E-state index is 0.167. The molecule has 2 aliphatic carbocycles. The highest BCUT2D eigenvalue weighted by Gasteiger charge is 2.31. The van der Waals surface area contributed by atoms with Crippen molar-refractivity contribution in [3.05, 3.63) is 209 Å². The van der Waals surface area contributed by atoms with Crippen LogP contribution in [-0.2, 0) is 0 Å². The van der Waals surface area contributed by atoms with Crippen molar-refractivity contribution in [2.75, 3.05) is 0 Å². The summed E-state index contributed by atoms with van der Waals surface area (Å²) in [5, 5.41) is 0. The number of hydrogen-bond acceptors (Lipinski definition) is 0. The maximum absolute atomic E-state index is 2.34. The summed E-state index contributed by atoms with van der Waals surface area (Å²) in [7, 11) is 0. The summed E-state index contributed by atoms with van der Waals surface area (Å²) in [5.41, 5.74) is 16.9. The molecule has 0 unspecified atom stereocenters. The van der Waals surface area contributed by atoms with Crippen LogP contribution in [0, 0.1) is 0 Å². The lowest BCUT2D eigenvalue weighted by Crippen LogP contribution is -2.01. The van der Waals surface area contributed by atoms with Crippen LogP contribution >= 0.6 is 0 Å². The van der Waals surface area contributed by atoms with Gasteiger partial charge in [0.05, 0.1) is 0 Å². The van der Waals surface area contributed by atoms with Gasteiger partial charge in [0.2, 0.25) is 0 Å². The molecular formula is C43H30. The molecule has 6 aromatic carbocycles. The topological polar surface area (TPSA) is 0 Å². The van der Waals surface area contributed by atoms with Crippen molar-refractivity contribution in [3.8, 4) is 22.3 Å². The van der Waals surface area contributed by atoms with Crippen molar-refractivity contribution in [3.63, 3.8) is 0 Å². The summed E-state index contributed by atoms with van der Waals surface area (Å²) >= 11 is 0. The lowest BCUT2D eigenvalue weighted by Gasteiger charge is -2.19. The van der Waals surface area contributed by atoms with Crippen LogP contribution in [0.15, 0.2) is 176 Å². The number of allylic oxidation sites excluding steroid dienone is 5. The molecule has 0 heteroatoms. The number of fused-ring (bicyclic) bond motifs is 6. The Morgan fingerprint density at radius 1 is 0.395 bits per heavy atom. The quantitative estimate of drug-likeness (QED) is 0.188. The first-order chi connectivity index (χ1) is 21.4. The van der Waals surface area contributed by atoms with Crippen LogP contribution in [0.4, 0.5) is 0 Å². The lowest BCUT2D eigenvalue weighted by molar-refractivity contribution is 1.09. The molecule has 0 aliphatic heterocycles. The first kappa shape index (κ1) is 25.3. The summed E-state index contributed by atoms with van der Waals surface area (Å²) in [4.78, 5) is 0. The van der Waals surface area contributed by atoms with Crippen LogP contribution in [0.2, 0.25) is 0 Å². The average molecular weight is 547 g/mol. The van der Waals surface area contributed by atoms with Crippen molar-refractivity contribution in [2.45, 2.75) is 5.92 Å². The van der Waals surface area contributed by atoms with Gasteiger partial charge in [0, 0.05) is 5.92 Å². The predicted octanol–water partition coefficient (Wildman–Crippen LogP) is 11.1. The Kier molecular flexibility index (Phi) is 6.31. The third-order valence-corrected chi connectivity index (χ3v) is 8.83. The monoisotopic (exact) mass is 546 g/mol. The summed E-state index contributed by atoms with van der Waals surface area (Å²) in [6, 6.07) is 57.0. The van der Waals surface area contributed by atoms with Crippen LogP contribution in [0.25, 0.3) is 39.0 Å². The minimum atomic E-state index is 0.167. The van der Waals surface area contributed by atoms with Gasteiger partial charge in [0.25, 0.3) is 0 Å². The molecule has 0 spiro atoms. The summed E-state index contributed by atoms with van der Waals surface area (Å²) in [6.07, 6.45) is 6.93. The highest BCUT2D eigenvalue weighted by Crippen LogP contribution is 2.51. The molecule has 0 atom stereocenters. The molecule has 0 radical (unpaired) electrons. The minimum Gasteiger partial charge on any atom is -0.0622 e. The Balaban J connectivity index is 1.34. The highest BCUT2D eigenvalue weighted by molar-refractivity contribution is 6.12. The molecule has 8 rings (SSSR count). The Morgan fingerprint density at radius 2 is 0.814 bits per heavy atom. The Bertz CT molecular complexity index is 1960. The normalized spacial score (nSPS) is 13.5. The average Bonchev–Trinajstić information content (AvgIpc) is 3.59. The molecule has 2 aliphatic rings. The van der Waals surface area contributed by atoms with Gasteiger partial charge in [-0.1, -0.05) is 176 Å². The van der Waals surface area contributed by atoms with E-state index >= 15 is 0 Å². The zero-order chi connectivity index (χ0) is 28.6. The van der Waals surface area contributed by atoms with E-state index in [0.29, 0.717) is 0 Å². The van der Waals surface area contributed by atoms with Crippen LogP contribution in [-0.4, -0.2) is 0 Å². The molecule has 0 bridgehead atoms. The van der Waals surface area contributed by atoms with E-state index in [1.54, 1.807) is 0 Å². The lowest BCUT2D eigenvalue weighted by atomic mass is 9.84. The number of hydrogen-bond donors (Lipinski definition) is 0. The summed E-state index contributed by atoms with van der Waals surface area (Å²) in [5.74, 6) is 0.167. The van der Waals surface area contributed by atoms with E-state index in [1.807, 2.05) is 0 Å². The second-order valence-corrected chi connectivity index (χ2v) is 11.2. The van der Waals surface area contributed by atoms with Gasteiger partial charge in [-0.2, -0.15) is 0 Å². The largest absolute Gasteiger partial charge is 0.0622 e. The van der Waals surface area contributed by atoms with Gasteiger partial charge in [0.1, 0.15) is 0 Å². The summed E-state index contributed by atoms with van der Waals surface area (Å²) < 4.78 is 0. The van der Waals surface area contributed by atoms with E-state index in [9.17, 15) is 0 Å². The van der Waals surface area contributed by atoms with Crippen LogP contribution < -0.4 is 0 Å². The third-order valence-electron chi connectivity index (χ3n) is 8.83. The molecule has 202 valence electrons. The molecular weight excluding hydrogens is 516 g/mol. The molecule has 0 heterocycles. The Hall–Kier alpha value is -5.46. The first-order valence-corrected chi connectivity index (χ1v) is 15.0. The van der Waals surface area contributed by atoms with E-state index in [1.165, 1.54) is 72.4 Å². The van der Waals surface area contributed by atoms with Crippen molar-refractivity contribution in [2.24, 2.45) is 0 Å². The van der Waals surface area contributed by atoms with Gasteiger partial charge in [-0.05, 0) is 72.4 Å². The maximum Gasteiger partial charge on any atom is 0.0358 e. The second-order valence-electron chi connectivity index (χ2n) is 11.2. The van der Waals surface area contributed by atoms with Crippen LogP contribution in [0.5, 0.6) is 0 Å². The fraction of sp³-hybridized carbons (Fsp3) is 0.0233. The first-order valence-electron chi connectivity index (χ1n) is 15.0. The number of benzene rings is 6. The van der Waals surface area contributed by atoms with E-state index in [0.717, 1.165) is 0 Å². The van der Waals surface area contributed by atoms with Gasteiger partial charge in [-0.3, -0.25) is 0 Å². The van der Waals surface area contributed by atoms with Crippen LogP contribution in [0.3, 0.4) is 0 Å². The van der Waals surface area contributed by atoms with Gasteiger partial charge in [0.15, 0.2) is 0 Å². The Labute approximate surface area is 253 Å². The molecule has 0 aromatic heterocycles. The molecule has 6 aromatic rings. The van der Waals surface area contributed by atoms with E-state index in [2.05, 4.69) is 176 Å². The smallest absolute Gasteiger partial charge is 0.0358 e. The van der Waals surface area contributed by atoms with Gasteiger partial charge >= 0.3 is 0 Å². The standard InChI is InChI=1S/C43H30/c1-3-16-30(17-4-1)32(42-38-24-11-7-20-34(38)35-21-8-12-25-39(35)42)28-15-29-33(31-18-5-2-6-19-31)43-40-26-13-9-22-36(40)37-23-10-14-27-41(37)43/h1-29,42H. The zero-order valence-electron chi connectivity index (χ0n) is 23.8. The fourth-order valence-corrected chi connectivity index (χ4v) is 6.98. The molecule has 0 saturated heterocycles. The zero-order valence-corrected chi connectivity index (χ0v) is 23.8. The van der Waals surface area contributed by atoms with Gasteiger partial charge in [-0.15, -0.1) is 0 Å². The van der Waals surface area contributed by atoms with E-state index in [4.69, 9.17) is 0 Å². The predicted molar refractivity (Wildman–Crippen MR) is 182 cm³/mol. The molecule has 0 N–H and O–H groups in total. The third kappa shape index (κ3) is 4.31. The summed E-state index contributed by atoms with van der Waals surface area (Å²) in [6.45, 7) is 0. The SMILES string of the molecule is C(=CC(=C1c2ccccc2-c2ccccc21)c1ccccc1)C=C(c1ccccc1)C1c2ccccc2-c2ccccc21. The highest BCUT2D eigenvalue weighted by atomic mass is 14.3. The second kappa shape index (κ2) is 10.7. The van der Waals surface area contributed by atoms with Gasteiger partial charge in [-0.25, -0.2) is 0 Å².